The van der Waals surface area contributed by atoms with E-state index in [1.807, 2.05) is 7.05 Å². The molecule has 0 aromatic rings. The summed E-state index contributed by atoms with van der Waals surface area (Å²) in [6.45, 7) is 10.5. The topological polar surface area (TPSA) is 12.0 Å². The van der Waals surface area contributed by atoms with Crippen LogP contribution in [0.2, 0.25) is 0 Å². The summed E-state index contributed by atoms with van der Waals surface area (Å²) in [6.07, 6.45) is 2.75. The molecule has 0 fully saturated rings. The van der Waals surface area contributed by atoms with Gasteiger partial charge in [-0.15, -0.1) is 0 Å². The predicted molar refractivity (Wildman–Crippen MR) is 56.3 cm³/mol. The Morgan fingerprint density at radius 3 is 1.92 bits per heavy atom. The van der Waals surface area contributed by atoms with E-state index < -0.39 is 0 Å². The van der Waals surface area contributed by atoms with E-state index in [1.54, 1.807) is 0 Å². The van der Waals surface area contributed by atoms with Crippen molar-refractivity contribution >= 4 is 0 Å². The summed E-state index contributed by atoms with van der Waals surface area (Å²) in [6, 6.07) is 0. The van der Waals surface area contributed by atoms with Crippen molar-refractivity contribution in [1.82, 2.24) is 5.32 Å². The molecular weight excluding hydrogens is 146 g/mol. The number of hydrogen-bond donors (Lipinski definition) is 1. The highest BCUT2D eigenvalue weighted by atomic mass is 14.8. The van der Waals surface area contributed by atoms with Crippen molar-refractivity contribution in [3.8, 4) is 0 Å². The van der Waals surface area contributed by atoms with Gasteiger partial charge in [0.15, 0.2) is 0 Å². The highest BCUT2D eigenvalue weighted by Gasteiger charge is 2.11. The van der Waals surface area contributed by atoms with E-state index in [1.165, 1.54) is 12.8 Å². The quantitative estimate of drug-likeness (QED) is 0.648. The van der Waals surface area contributed by atoms with E-state index in [0.717, 1.165) is 24.3 Å². The van der Waals surface area contributed by atoms with Crippen LogP contribution >= 0.6 is 0 Å². The van der Waals surface area contributed by atoms with Crippen molar-refractivity contribution in [2.45, 2.75) is 40.5 Å². The largest absolute Gasteiger partial charge is 0.319 e. The molecule has 0 spiro atoms. The van der Waals surface area contributed by atoms with Gasteiger partial charge >= 0.3 is 0 Å². The monoisotopic (exact) mass is 171 g/mol. The van der Waals surface area contributed by atoms with Gasteiger partial charge in [0.25, 0.3) is 0 Å². The van der Waals surface area contributed by atoms with Crippen LogP contribution in [0.1, 0.15) is 40.5 Å². The van der Waals surface area contributed by atoms with Gasteiger partial charge < -0.3 is 5.32 Å². The molecule has 0 saturated heterocycles. The van der Waals surface area contributed by atoms with Crippen LogP contribution in [0.25, 0.3) is 0 Å². The first kappa shape index (κ1) is 12.0. The normalized spacial score (nSPS) is 16.5. The zero-order chi connectivity index (χ0) is 9.56. The lowest BCUT2D eigenvalue weighted by atomic mass is 9.89. The lowest BCUT2D eigenvalue weighted by Crippen LogP contribution is -2.22. The van der Waals surface area contributed by atoms with Gasteiger partial charge in [0.2, 0.25) is 0 Å². The van der Waals surface area contributed by atoms with Gasteiger partial charge in [-0.25, -0.2) is 0 Å². The van der Waals surface area contributed by atoms with E-state index in [2.05, 4.69) is 33.0 Å². The highest BCUT2D eigenvalue weighted by Crippen LogP contribution is 2.18. The molecule has 2 unspecified atom stereocenters. The van der Waals surface area contributed by atoms with Gasteiger partial charge in [0, 0.05) is 0 Å². The summed E-state index contributed by atoms with van der Waals surface area (Å²) in [5, 5.41) is 3.24. The van der Waals surface area contributed by atoms with Gasteiger partial charge in [0.1, 0.15) is 0 Å². The lowest BCUT2D eigenvalue weighted by molar-refractivity contribution is 0.330. The minimum Gasteiger partial charge on any atom is -0.319 e. The minimum atomic E-state index is 0.814. The van der Waals surface area contributed by atoms with Crippen LogP contribution in [-0.4, -0.2) is 13.6 Å². The number of rotatable bonds is 6. The Labute approximate surface area is 77.9 Å². The summed E-state index contributed by atoms with van der Waals surface area (Å²) in [5.74, 6) is 2.53. The Kier molecular flexibility index (Phi) is 6.45. The molecule has 0 aliphatic heterocycles. The molecule has 0 aliphatic rings. The molecule has 12 heavy (non-hydrogen) atoms. The van der Waals surface area contributed by atoms with Gasteiger partial charge in [0.05, 0.1) is 0 Å². The summed E-state index contributed by atoms with van der Waals surface area (Å²) in [7, 11) is 2.03. The molecular formula is C11H25N. The lowest BCUT2D eigenvalue weighted by Gasteiger charge is -2.20. The number of nitrogens with one attached hydrogen (secondary N) is 1. The van der Waals surface area contributed by atoms with Crippen LogP contribution in [0.4, 0.5) is 0 Å². The average molecular weight is 171 g/mol. The van der Waals surface area contributed by atoms with E-state index in [4.69, 9.17) is 0 Å². The third-order valence-electron chi connectivity index (χ3n) is 2.70. The Balaban J connectivity index is 3.49. The molecule has 0 aromatic carbocycles. The van der Waals surface area contributed by atoms with E-state index in [9.17, 15) is 0 Å². The smallest absolute Gasteiger partial charge is 0.00236 e. The van der Waals surface area contributed by atoms with Crippen molar-refractivity contribution in [3.63, 3.8) is 0 Å². The molecule has 0 rings (SSSR count). The van der Waals surface area contributed by atoms with Crippen molar-refractivity contribution in [3.05, 3.63) is 0 Å². The minimum absolute atomic E-state index is 0.814. The van der Waals surface area contributed by atoms with E-state index in [-0.39, 0.29) is 0 Å². The maximum absolute atomic E-state index is 3.24. The van der Waals surface area contributed by atoms with Crippen LogP contribution in [0.5, 0.6) is 0 Å². The third kappa shape index (κ3) is 5.59. The molecule has 1 nitrogen and oxygen atoms in total. The van der Waals surface area contributed by atoms with Gasteiger partial charge in [-0.1, -0.05) is 40.5 Å². The third-order valence-corrected chi connectivity index (χ3v) is 2.70. The summed E-state index contributed by atoms with van der Waals surface area (Å²) < 4.78 is 0. The highest BCUT2D eigenvalue weighted by molar-refractivity contribution is 4.64. The molecule has 0 aromatic heterocycles. The summed E-state index contributed by atoms with van der Waals surface area (Å²) in [4.78, 5) is 0. The molecule has 0 radical (unpaired) electrons. The first-order valence-electron chi connectivity index (χ1n) is 5.22. The van der Waals surface area contributed by atoms with Crippen molar-refractivity contribution < 1.29 is 0 Å². The van der Waals surface area contributed by atoms with Crippen molar-refractivity contribution in [2.24, 2.45) is 17.8 Å². The molecule has 0 heterocycles. The fourth-order valence-corrected chi connectivity index (χ4v) is 1.40. The Hall–Kier alpha value is -0.0400. The molecule has 1 heteroatoms. The second kappa shape index (κ2) is 6.47. The Morgan fingerprint density at radius 1 is 0.917 bits per heavy atom. The SMILES string of the molecule is CNCC(C)C(C)CCC(C)C. The van der Waals surface area contributed by atoms with Crippen molar-refractivity contribution in [2.75, 3.05) is 13.6 Å². The van der Waals surface area contributed by atoms with E-state index >= 15 is 0 Å². The van der Waals surface area contributed by atoms with Crippen LogP contribution < -0.4 is 5.32 Å². The molecule has 0 amide bonds. The van der Waals surface area contributed by atoms with Gasteiger partial charge in [-0.05, 0) is 31.3 Å². The average Bonchev–Trinajstić information content (AvgIpc) is 2.00. The van der Waals surface area contributed by atoms with Crippen LogP contribution in [0.3, 0.4) is 0 Å². The molecule has 1 N–H and O–H groups in total. The Morgan fingerprint density at radius 2 is 1.50 bits per heavy atom. The maximum Gasteiger partial charge on any atom is -0.00236 e. The number of hydrogen-bond acceptors (Lipinski definition) is 1. The molecule has 0 saturated carbocycles. The molecule has 2 atom stereocenters. The van der Waals surface area contributed by atoms with Crippen LogP contribution in [0.15, 0.2) is 0 Å². The molecule has 74 valence electrons. The van der Waals surface area contributed by atoms with Gasteiger partial charge in [-0.3, -0.25) is 0 Å². The predicted octanol–water partition coefficient (Wildman–Crippen LogP) is 2.91. The first-order chi connectivity index (χ1) is 5.57. The summed E-state index contributed by atoms with van der Waals surface area (Å²) in [5.41, 5.74) is 0. The zero-order valence-corrected chi connectivity index (χ0v) is 9.35. The summed E-state index contributed by atoms with van der Waals surface area (Å²) >= 11 is 0. The fraction of sp³-hybridized carbons (Fsp3) is 1.00. The first-order valence-corrected chi connectivity index (χ1v) is 5.22. The van der Waals surface area contributed by atoms with Crippen molar-refractivity contribution in [1.29, 1.82) is 0 Å². The second-order valence-electron chi connectivity index (χ2n) is 4.48. The molecule has 0 aliphatic carbocycles. The fourth-order valence-electron chi connectivity index (χ4n) is 1.40. The van der Waals surface area contributed by atoms with E-state index in [0.29, 0.717) is 0 Å². The second-order valence-corrected chi connectivity index (χ2v) is 4.48. The standard InChI is InChI=1S/C11H25N/c1-9(2)6-7-10(3)11(4)8-12-5/h9-12H,6-8H2,1-5H3. The zero-order valence-electron chi connectivity index (χ0n) is 9.35. The van der Waals surface area contributed by atoms with Crippen LogP contribution in [0, 0.1) is 17.8 Å². The molecule has 0 bridgehead atoms. The maximum atomic E-state index is 3.24. The van der Waals surface area contributed by atoms with Gasteiger partial charge in [-0.2, -0.15) is 0 Å². The Bertz CT molecular complexity index is 99.2. The van der Waals surface area contributed by atoms with Crippen LogP contribution in [-0.2, 0) is 0 Å².